The molecule has 6 nitrogen and oxygen atoms in total. The van der Waals surface area contributed by atoms with Gasteiger partial charge in [-0.1, -0.05) is 12.1 Å². The van der Waals surface area contributed by atoms with Crippen LogP contribution in [0.5, 0.6) is 5.75 Å². The summed E-state index contributed by atoms with van der Waals surface area (Å²) in [6, 6.07) is 7.37. The maximum Gasteiger partial charge on any atom is 0.409 e. The molecule has 0 saturated heterocycles. The molecule has 1 saturated carbocycles. The van der Waals surface area contributed by atoms with E-state index in [0.717, 1.165) is 11.3 Å². The van der Waals surface area contributed by atoms with Crippen LogP contribution in [0.2, 0.25) is 0 Å². The number of fused-ring (bicyclic) bond motifs is 1. The fraction of sp³-hybridized carbons (Fsp3) is 0.474. The summed E-state index contributed by atoms with van der Waals surface area (Å²) >= 11 is 0. The molecule has 25 heavy (non-hydrogen) atoms. The lowest BCUT2D eigenvalue weighted by atomic mass is 9.78. The molecule has 1 aromatic rings. The molecule has 1 heterocycles. The number of hydrogen-bond donors (Lipinski definition) is 0. The van der Waals surface area contributed by atoms with Gasteiger partial charge in [-0.25, -0.2) is 4.79 Å². The lowest BCUT2D eigenvalue weighted by molar-refractivity contribution is -0.126. The van der Waals surface area contributed by atoms with Crippen molar-refractivity contribution in [3.05, 3.63) is 36.1 Å². The molecule has 134 valence electrons. The molecule has 1 fully saturated rings. The van der Waals surface area contributed by atoms with Gasteiger partial charge in [0.25, 0.3) is 0 Å². The SMILES string of the molecule is COc1ccc(C2=COC3CC(OC(=O)N(C)C)CCC3C2=O)cc1. The summed E-state index contributed by atoms with van der Waals surface area (Å²) in [6.45, 7) is 0. The van der Waals surface area contributed by atoms with Crippen molar-refractivity contribution >= 4 is 17.4 Å². The van der Waals surface area contributed by atoms with Gasteiger partial charge in [-0.05, 0) is 30.5 Å². The Bertz CT molecular complexity index is 680. The second kappa shape index (κ2) is 7.17. The first-order valence-electron chi connectivity index (χ1n) is 8.41. The minimum atomic E-state index is -0.361. The molecule has 0 N–H and O–H groups in total. The molecular weight excluding hydrogens is 322 g/mol. The number of ketones is 1. The van der Waals surface area contributed by atoms with Crippen LogP contribution in [-0.4, -0.2) is 50.2 Å². The number of benzene rings is 1. The predicted octanol–water partition coefficient (Wildman–Crippen LogP) is 2.87. The Labute approximate surface area is 147 Å². The van der Waals surface area contributed by atoms with E-state index in [0.29, 0.717) is 24.8 Å². The fourth-order valence-corrected chi connectivity index (χ4v) is 3.29. The zero-order chi connectivity index (χ0) is 18.0. The number of rotatable bonds is 3. The van der Waals surface area contributed by atoms with Gasteiger partial charge < -0.3 is 19.1 Å². The quantitative estimate of drug-likeness (QED) is 0.843. The standard InChI is InChI=1S/C19H23NO5/c1-20(2)19(22)25-14-8-9-15-17(10-14)24-11-16(18(15)21)12-4-6-13(23-3)7-5-12/h4-7,11,14-15,17H,8-10H2,1-3H3. The number of methoxy groups -OCH3 is 1. The summed E-state index contributed by atoms with van der Waals surface area (Å²) in [4.78, 5) is 26.0. The van der Waals surface area contributed by atoms with Gasteiger partial charge in [0, 0.05) is 20.5 Å². The summed E-state index contributed by atoms with van der Waals surface area (Å²) in [5.41, 5.74) is 1.41. The molecule has 6 heteroatoms. The minimum Gasteiger partial charge on any atom is -0.497 e. The molecule has 3 rings (SSSR count). The van der Waals surface area contributed by atoms with E-state index in [1.54, 1.807) is 27.5 Å². The van der Waals surface area contributed by atoms with Crippen LogP contribution in [0.25, 0.3) is 5.57 Å². The van der Waals surface area contributed by atoms with Crippen LogP contribution in [0.1, 0.15) is 24.8 Å². The first kappa shape index (κ1) is 17.3. The molecule has 0 aromatic heterocycles. The summed E-state index contributed by atoms with van der Waals surface area (Å²) in [5, 5.41) is 0. The third-order valence-corrected chi connectivity index (χ3v) is 4.74. The Balaban J connectivity index is 1.70. The highest BCUT2D eigenvalue weighted by molar-refractivity contribution is 6.22. The van der Waals surface area contributed by atoms with Crippen molar-refractivity contribution in [1.82, 2.24) is 4.90 Å². The van der Waals surface area contributed by atoms with E-state index in [1.165, 1.54) is 4.90 Å². The Kier molecular flexibility index (Phi) is 4.97. The first-order valence-corrected chi connectivity index (χ1v) is 8.41. The van der Waals surface area contributed by atoms with Crippen molar-refractivity contribution < 1.29 is 23.8 Å². The molecule has 1 aliphatic carbocycles. The third kappa shape index (κ3) is 3.62. The van der Waals surface area contributed by atoms with Gasteiger partial charge in [-0.3, -0.25) is 4.79 Å². The molecule has 0 radical (unpaired) electrons. The largest absolute Gasteiger partial charge is 0.497 e. The highest BCUT2D eigenvalue weighted by Gasteiger charge is 2.41. The van der Waals surface area contributed by atoms with Crippen LogP contribution < -0.4 is 4.74 Å². The topological polar surface area (TPSA) is 65.1 Å². The molecular formula is C19H23NO5. The fourth-order valence-electron chi connectivity index (χ4n) is 3.29. The number of Topliss-reactive ketones (excluding diaryl/α,β-unsaturated/α-hetero) is 1. The number of amides is 1. The van der Waals surface area contributed by atoms with Gasteiger partial charge in [0.05, 0.1) is 24.9 Å². The average molecular weight is 345 g/mol. The van der Waals surface area contributed by atoms with Crippen molar-refractivity contribution in [2.24, 2.45) is 5.92 Å². The van der Waals surface area contributed by atoms with Crippen molar-refractivity contribution in [1.29, 1.82) is 0 Å². The molecule has 1 aliphatic heterocycles. The Morgan fingerprint density at radius 2 is 1.92 bits per heavy atom. The number of hydrogen-bond acceptors (Lipinski definition) is 5. The number of nitrogens with zero attached hydrogens (tertiary/aromatic N) is 1. The molecule has 1 aromatic carbocycles. The number of allylic oxidation sites excluding steroid dienone is 1. The van der Waals surface area contributed by atoms with Crippen molar-refractivity contribution in [3.63, 3.8) is 0 Å². The van der Waals surface area contributed by atoms with Crippen molar-refractivity contribution in [3.8, 4) is 5.75 Å². The zero-order valence-corrected chi connectivity index (χ0v) is 14.7. The Morgan fingerprint density at radius 1 is 1.20 bits per heavy atom. The first-order chi connectivity index (χ1) is 12.0. The van der Waals surface area contributed by atoms with E-state index in [9.17, 15) is 9.59 Å². The van der Waals surface area contributed by atoms with Crippen LogP contribution >= 0.6 is 0 Å². The predicted molar refractivity (Wildman–Crippen MR) is 92.1 cm³/mol. The van der Waals surface area contributed by atoms with Gasteiger partial charge in [0.1, 0.15) is 18.0 Å². The van der Waals surface area contributed by atoms with E-state index in [2.05, 4.69) is 0 Å². The molecule has 2 aliphatic rings. The van der Waals surface area contributed by atoms with E-state index in [-0.39, 0.29) is 30.0 Å². The van der Waals surface area contributed by atoms with Crippen LogP contribution in [-0.2, 0) is 14.3 Å². The highest BCUT2D eigenvalue weighted by atomic mass is 16.6. The zero-order valence-electron chi connectivity index (χ0n) is 14.7. The maximum absolute atomic E-state index is 12.9. The summed E-state index contributed by atoms with van der Waals surface area (Å²) in [5.74, 6) is 0.657. The number of carbonyl (C=O) groups is 2. The Morgan fingerprint density at radius 3 is 2.56 bits per heavy atom. The lowest BCUT2D eigenvalue weighted by Gasteiger charge is -2.37. The van der Waals surface area contributed by atoms with E-state index < -0.39 is 0 Å². The minimum absolute atomic E-state index is 0.0961. The van der Waals surface area contributed by atoms with Gasteiger partial charge in [0.2, 0.25) is 0 Å². The van der Waals surface area contributed by atoms with Crippen molar-refractivity contribution in [2.45, 2.75) is 31.5 Å². The van der Waals surface area contributed by atoms with E-state index in [4.69, 9.17) is 14.2 Å². The Hall–Kier alpha value is -2.50. The van der Waals surface area contributed by atoms with Gasteiger partial charge >= 0.3 is 6.09 Å². The molecule has 0 spiro atoms. The van der Waals surface area contributed by atoms with Crippen LogP contribution in [0.4, 0.5) is 4.79 Å². The molecule has 0 bridgehead atoms. The van der Waals surface area contributed by atoms with Gasteiger partial charge in [-0.2, -0.15) is 0 Å². The molecule has 1 amide bonds. The second-order valence-electron chi connectivity index (χ2n) is 6.62. The van der Waals surface area contributed by atoms with E-state index in [1.807, 2.05) is 24.3 Å². The van der Waals surface area contributed by atoms with Crippen LogP contribution in [0.15, 0.2) is 30.5 Å². The maximum atomic E-state index is 12.9. The summed E-state index contributed by atoms with van der Waals surface area (Å²) in [6.07, 6.45) is 2.61. The molecule has 3 atom stereocenters. The molecule has 3 unspecified atom stereocenters. The second-order valence-corrected chi connectivity index (χ2v) is 6.62. The van der Waals surface area contributed by atoms with Crippen molar-refractivity contribution in [2.75, 3.05) is 21.2 Å². The smallest absolute Gasteiger partial charge is 0.409 e. The van der Waals surface area contributed by atoms with Gasteiger partial charge in [0.15, 0.2) is 5.78 Å². The monoisotopic (exact) mass is 345 g/mol. The van der Waals surface area contributed by atoms with E-state index >= 15 is 0 Å². The van der Waals surface area contributed by atoms with Crippen LogP contribution in [0.3, 0.4) is 0 Å². The van der Waals surface area contributed by atoms with Gasteiger partial charge in [-0.15, -0.1) is 0 Å². The number of ether oxygens (including phenoxy) is 3. The summed E-state index contributed by atoms with van der Waals surface area (Å²) < 4.78 is 16.4. The van der Waals surface area contributed by atoms with Crippen LogP contribution in [0, 0.1) is 5.92 Å². The average Bonchev–Trinajstić information content (AvgIpc) is 2.62. The third-order valence-electron chi connectivity index (χ3n) is 4.74. The summed E-state index contributed by atoms with van der Waals surface area (Å²) in [7, 11) is 4.91. The highest BCUT2D eigenvalue weighted by Crippen LogP contribution is 2.37. The normalized spacial score (nSPS) is 25.3. The number of carbonyl (C=O) groups excluding carboxylic acids is 2. The lowest BCUT2D eigenvalue weighted by Crippen LogP contribution is -2.42.